The zero-order chi connectivity index (χ0) is 15.2. The van der Waals surface area contributed by atoms with E-state index in [1.807, 2.05) is 39.2 Å². The van der Waals surface area contributed by atoms with E-state index in [2.05, 4.69) is 33.3 Å². The summed E-state index contributed by atoms with van der Waals surface area (Å²) in [6.07, 6.45) is 2.13. The molecule has 0 unspecified atom stereocenters. The summed E-state index contributed by atoms with van der Waals surface area (Å²) in [5.41, 5.74) is 10.2. The molecule has 1 aromatic heterocycles. The van der Waals surface area contributed by atoms with Crippen LogP contribution in [0.4, 0.5) is 11.6 Å². The van der Waals surface area contributed by atoms with Crippen molar-refractivity contribution in [2.75, 3.05) is 24.8 Å². The van der Waals surface area contributed by atoms with Gasteiger partial charge in [-0.05, 0) is 18.1 Å². The standard InChI is InChI=1S/C16H21N5/c1-11-13(9-12-7-5-4-6-8-12)16(21-19-3)20-15(18-2)14(11)10-17/h4-8,10,17,19H,9H2,1-3H3,(H2,18,20,21). The molecule has 0 saturated carbocycles. The van der Waals surface area contributed by atoms with Gasteiger partial charge < -0.3 is 16.2 Å². The fourth-order valence-electron chi connectivity index (χ4n) is 2.36. The van der Waals surface area contributed by atoms with Crippen molar-refractivity contribution in [3.63, 3.8) is 0 Å². The predicted octanol–water partition coefficient (Wildman–Crippen LogP) is 2.57. The first-order valence-corrected chi connectivity index (χ1v) is 6.89. The SMILES string of the molecule is CNNc1nc(NC)c(C=N)c(C)c1Cc1ccccc1. The lowest BCUT2D eigenvalue weighted by atomic mass is 9.98. The van der Waals surface area contributed by atoms with Gasteiger partial charge >= 0.3 is 0 Å². The van der Waals surface area contributed by atoms with Gasteiger partial charge in [-0.25, -0.2) is 10.4 Å². The minimum absolute atomic E-state index is 0.706. The van der Waals surface area contributed by atoms with Crippen LogP contribution < -0.4 is 16.2 Å². The maximum Gasteiger partial charge on any atom is 0.146 e. The van der Waals surface area contributed by atoms with Gasteiger partial charge in [-0.3, -0.25) is 0 Å². The second-order valence-electron chi connectivity index (χ2n) is 4.76. The van der Waals surface area contributed by atoms with Gasteiger partial charge in [0.25, 0.3) is 0 Å². The van der Waals surface area contributed by atoms with Gasteiger partial charge in [0.2, 0.25) is 0 Å². The second kappa shape index (κ2) is 6.85. The van der Waals surface area contributed by atoms with Crippen LogP contribution in [0.2, 0.25) is 0 Å². The van der Waals surface area contributed by atoms with E-state index < -0.39 is 0 Å². The summed E-state index contributed by atoms with van der Waals surface area (Å²) in [5.74, 6) is 1.49. The Balaban J connectivity index is 2.53. The average molecular weight is 283 g/mol. The van der Waals surface area contributed by atoms with E-state index in [9.17, 15) is 0 Å². The molecule has 21 heavy (non-hydrogen) atoms. The first-order chi connectivity index (χ1) is 10.2. The molecule has 5 heteroatoms. The number of aromatic nitrogens is 1. The first-order valence-electron chi connectivity index (χ1n) is 6.89. The molecule has 110 valence electrons. The molecule has 0 aliphatic carbocycles. The third-order valence-electron chi connectivity index (χ3n) is 3.47. The first kappa shape index (κ1) is 15.0. The monoisotopic (exact) mass is 283 g/mol. The molecule has 1 aromatic carbocycles. The number of rotatable bonds is 6. The highest BCUT2D eigenvalue weighted by Gasteiger charge is 2.15. The van der Waals surface area contributed by atoms with Gasteiger partial charge in [0.05, 0.1) is 0 Å². The minimum atomic E-state index is 0.706. The summed E-state index contributed by atoms with van der Waals surface area (Å²) in [5, 5.41) is 10.7. The van der Waals surface area contributed by atoms with E-state index in [-0.39, 0.29) is 0 Å². The Labute approximate surface area is 125 Å². The fraction of sp³-hybridized carbons (Fsp3) is 0.250. The van der Waals surface area contributed by atoms with Gasteiger partial charge in [0.15, 0.2) is 0 Å². The molecule has 0 spiro atoms. The quantitative estimate of drug-likeness (QED) is 0.485. The molecule has 2 rings (SSSR count). The van der Waals surface area contributed by atoms with Gasteiger partial charge in [-0.1, -0.05) is 30.3 Å². The van der Waals surface area contributed by atoms with Crippen molar-refractivity contribution < 1.29 is 0 Å². The van der Waals surface area contributed by atoms with Crippen molar-refractivity contribution in [2.45, 2.75) is 13.3 Å². The number of hydrogen-bond acceptors (Lipinski definition) is 5. The Morgan fingerprint density at radius 1 is 1.14 bits per heavy atom. The molecule has 4 N–H and O–H groups in total. The van der Waals surface area contributed by atoms with Gasteiger partial charge in [0, 0.05) is 37.9 Å². The summed E-state index contributed by atoms with van der Waals surface area (Å²) in [7, 11) is 3.63. The number of nitrogens with one attached hydrogen (secondary N) is 4. The fourth-order valence-corrected chi connectivity index (χ4v) is 2.36. The average Bonchev–Trinajstić information content (AvgIpc) is 2.51. The Hall–Kier alpha value is -2.40. The number of benzene rings is 1. The third-order valence-corrected chi connectivity index (χ3v) is 3.47. The van der Waals surface area contributed by atoms with Gasteiger partial charge in [-0.15, -0.1) is 0 Å². The molecule has 1 heterocycles. The van der Waals surface area contributed by atoms with Crippen LogP contribution in [0.15, 0.2) is 30.3 Å². The topological polar surface area (TPSA) is 72.8 Å². The van der Waals surface area contributed by atoms with Crippen molar-refractivity contribution in [3.8, 4) is 0 Å². The lowest BCUT2D eigenvalue weighted by Crippen LogP contribution is -2.20. The molecule has 0 saturated heterocycles. The van der Waals surface area contributed by atoms with E-state index in [0.717, 1.165) is 28.9 Å². The minimum Gasteiger partial charge on any atom is -0.373 e. The van der Waals surface area contributed by atoms with Gasteiger partial charge in [0.1, 0.15) is 11.6 Å². The molecule has 0 aliphatic rings. The zero-order valence-electron chi connectivity index (χ0n) is 12.6. The van der Waals surface area contributed by atoms with Crippen molar-refractivity contribution in [1.82, 2.24) is 10.4 Å². The van der Waals surface area contributed by atoms with Gasteiger partial charge in [-0.2, -0.15) is 0 Å². The summed E-state index contributed by atoms with van der Waals surface area (Å²) < 4.78 is 0. The van der Waals surface area contributed by atoms with Crippen molar-refractivity contribution in [2.24, 2.45) is 0 Å². The molecule has 0 amide bonds. The van der Waals surface area contributed by atoms with Crippen molar-refractivity contribution in [3.05, 3.63) is 52.6 Å². The summed E-state index contributed by atoms with van der Waals surface area (Å²) in [4.78, 5) is 4.57. The van der Waals surface area contributed by atoms with Crippen LogP contribution in [0, 0.1) is 12.3 Å². The molecule has 0 aliphatic heterocycles. The molecule has 0 radical (unpaired) electrons. The smallest absolute Gasteiger partial charge is 0.146 e. The van der Waals surface area contributed by atoms with Crippen LogP contribution >= 0.6 is 0 Å². The highest BCUT2D eigenvalue weighted by molar-refractivity contribution is 5.88. The number of hydrazine groups is 1. The van der Waals surface area contributed by atoms with E-state index >= 15 is 0 Å². The van der Waals surface area contributed by atoms with E-state index in [1.54, 1.807) is 0 Å². The normalized spacial score (nSPS) is 10.2. The lowest BCUT2D eigenvalue weighted by Gasteiger charge is -2.18. The third kappa shape index (κ3) is 3.20. The molecule has 2 aromatic rings. The molecule has 0 fully saturated rings. The van der Waals surface area contributed by atoms with Crippen molar-refractivity contribution in [1.29, 1.82) is 5.41 Å². The summed E-state index contributed by atoms with van der Waals surface area (Å²) in [6.45, 7) is 2.03. The summed E-state index contributed by atoms with van der Waals surface area (Å²) in [6, 6.07) is 10.3. The maximum atomic E-state index is 7.64. The van der Waals surface area contributed by atoms with Crippen molar-refractivity contribution >= 4 is 17.9 Å². The molecular formula is C16H21N5. The summed E-state index contributed by atoms with van der Waals surface area (Å²) >= 11 is 0. The number of anilines is 2. The number of pyridine rings is 1. The molecular weight excluding hydrogens is 262 g/mol. The highest BCUT2D eigenvalue weighted by atomic mass is 15.4. The van der Waals surface area contributed by atoms with Crippen LogP contribution in [0.3, 0.4) is 0 Å². The molecule has 5 nitrogen and oxygen atoms in total. The van der Waals surface area contributed by atoms with Crippen LogP contribution in [-0.4, -0.2) is 25.3 Å². The van der Waals surface area contributed by atoms with E-state index in [4.69, 9.17) is 5.41 Å². The highest BCUT2D eigenvalue weighted by Crippen LogP contribution is 2.27. The molecule has 0 atom stereocenters. The Kier molecular flexibility index (Phi) is 4.90. The predicted molar refractivity (Wildman–Crippen MR) is 88.3 cm³/mol. The number of hydrogen-bond donors (Lipinski definition) is 4. The lowest BCUT2D eigenvalue weighted by molar-refractivity contribution is 0.947. The zero-order valence-corrected chi connectivity index (χ0v) is 12.6. The maximum absolute atomic E-state index is 7.64. The van der Waals surface area contributed by atoms with Crippen LogP contribution in [0.25, 0.3) is 0 Å². The van der Waals surface area contributed by atoms with Crippen LogP contribution in [-0.2, 0) is 6.42 Å². The largest absolute Gasteiger partial charge is 0.373 e. The Morgan fingerprint density at radius 2 is 1.86 bits per heavy atom. The molecule has 0 bridgehead atoms. The number of nitrogens with zero attached hydrogens (tertiary/aromatic N) is 1. The van der Waals surface area contributed by atoms with Crippen LogP contribution in [0.1, 0.15) is 22.3 Å². The Bertz CT molecular complexity index is 622. The Morgan fingerprint density at radius 3 is 2.43 bits per heavy atom. The van der Waals surface area contributed by atoms with E-state index in [0.29, 0.717) is 5.82 Å². The van der Waals surface area contributed by atoms with Crippen LogP contribution in [0.5, 0.6) is 0 Å². The second-order valence-corrected chi connectivity index (χ2v) is 4.76. The van der Waals surface area contributed by atoms with E-state index in [1.165, 1.54) is 11.8 Å².